The molecule has 0 aliphatic carbocycles. The highest BCUT2D eigenvalue weighted by Gasteiger charge is 2.15. The number of aryl methyl sites for hydroxylation is 1. The van der Waals surface area contributed by atoms with Crippen LogP contribution in [0.2, 0.25) is 0 Å². The SMILES string of the molecule is Cc1cnc2cc(S(=O)(=O)Cl)nn2c1. The molecule has 0 aromatic carbocycles. The van der Waals surface area contributed by atoms with Crippen LogP contribution in [-0.2, 0) is 9.05 Å². The largest absolute Gasteiger partial charge is 0.280 e. The first-order chi connectivity index (χ1) is 6.47. The summed E-state index contributed by atoms with van der Waals surface area (Å²) in [6.45, 7) is 1.84. The number of fused-ring (bicyclic) bond motifs is 1. The molecule has 0 amide bonds. The van der Waals surface area contributed by atoms with Crippen LogP contribution in [0, 0.1) is 6.92 Å². The molecule has 0 fully saturated rings. The van der Waals surface area contributed by atoms with E-state index in [1.54, 1.807) is 12.4 Å². The van der Waals surface area contributed by atoms with Crippen LogP contribution >= 0.6 is 10.7 Å². The molecule has 14 heavy (non-hydrogen) atoms. The van der Waals surface area contributed by atoms with Crippen molar-refractivity contribution in [3.63, 3.8) is 0 Å². The van der Waals surface area contributed by atoms with Crippen molar-refractivity contribution in [1.29, 1.82) is 0 Å². The number of nitrogens with zero attached hydrogens (tertiary/aromatic N) is 3. The average molecular weight is 232 g/mol. The Hall–Kier alpha value is -1.14. The summed E-state index contributed by atoms with van der Waals surface area (Å²) < 4.78 is 23.3. The van der Waals surface area contributed by atoms with Gasteiger partial charge in [-0.05, 0) is 12.5 Å². The molecule has 5 nitrogen and oxygen atoms in total. The normalized spacial score (nSPS) is 12.1. The molecule has 2 rings (SSSR count). The van der Waals surface area contributed by atoms with Gasteiger partial charge in [-0.15, -0.1) is 0 Å². The second-order valence-corrected chi connectivity index (χ2v) is 5.37. The predicted octanol–water partition coefficient (Wildman–Crippen LogP) is 0.965. The minimum absolute atomic E-state index is 0.183. The molecule has 0 radical (unpaired) electrons. The molecule has 74 valence electrons. The second-order valence-electron chi connectivity index (χ2n) is 2.85. The summed E-state index contributed by atoms with van der Waals surface area (Å²) >= 11 is 0. The number of halogens is 1. The standard InChI is InChI=1S/C7H6ClN3O2S/c1-5-3-9-6-2-7(14(8,12)13)10-11(6)4-5/h2-4H,1H3. The van der Waals surface area contributed by atoms with Gasteiger partial charge in [0.15, 0.2) is 10.7 Å². The lowest BCUT2D eigenvalue weighted by Crippen LogP contribution is -1.93. The lowest BCUT2D eigenvalue weighted by Gasteiger charge is -1.92. The van der Waals surface area contributed by atoms with Crippen LogP contribution in [0.15, 0.2) is 23.5 Å². The van der Waals surface area contributed by atoms with E-state index in [2.05, 4.69) is 10.1 Å². The molecule has 0 aliphatic rings. The first kappa shape index (κ1) is 9.42. The van der Waals surface area contributed by atoms with E-state index < -0.39 is 9.05 Å². The third-order valence-electron chi connectivity index (χ3n) is 1.67. The van der Waals surface area contributed by atoms with Gasteiger partial charge in [0.25, 0.3) is 9.05 Å². The number of rotatable bonds is 1. The van der Waals surface area contributed by atoms with Gasteiger partial charge in [0.2, 0.25) is 0 Å². The van der Waals surface area contributed by atoms with Crippen molar-refractivity contribution in [2.75, 3.05) is 0 Å². The zero-order valence-electron chi connectivity index (χ0n) is 7.18. The van der Waals surface area contributed by atoms with Gasteiger partial charge in [-0.2, -0.15) is 5.10 Å². The van der Waals surface area contributed by atoms with Crippen LogP contribution < -0.4 is 0 Å². The van der Waals surface area contributed by atoms with E-state index in [9.17, 15) is 8.42 Å². The minimum Gasteiger partial charge on any atom is -0.237 e. The molecular formula is C7H6ClN3O2S. The second kappa shape index (κ2) is 2.93. The highest BCUT2D eigenvalue weighted by molar-refractivity contribution is 8.13. The predicted molar refractivity (Wildman–Crippen MR) is 50.8 cm³/mol. The Kier molecular flexibility index (Phi) is 1.97. The molecule has 7 heteroatoms. The summed E-state index contributed by atoms with van der Waals surface area (Å²) in [4.78, 5) is 3.99. The molecule has 0 spiro atoms. The highest BCUT2D eigenvalue weighted by Crippen LogP contribution is 2.14. The molecule has 2 aromatic heterocycles. The van der Waals surface area contributed by atoms with E-state index >= 15 is 0 Å². The van der Waals surface area contributed by atoms with Gasteiger partial charge in [-0.1, -0.05) is 0 Å². The van der Waals surface area contributed by atoms with Crippen molar-refractivity contribution < 1.29 is 8.42 Å². The molecule has 0 aliphatic heterocycles. The molecule has 0 N–H and O–H groups in total. The Labute approximate surface area is 84.8 Å². The maximum absolute atomic E-state index is 10.9. The Morgan fingerprint density at radius 1 is 1.50 bits per heavy atom. The number of hydrogen-bond acceptors (Lipinski definition) is 4. The van der Waals surface area contributed by atoms with E-state index in [1.807, 2.05) is 6.92 Å². The maximum Gasteiger partial charge on any atom is 0.280 e. The Balaban J connectivity index is 2.75. The zero-order chi connectivity index (χ0) is 10.3. The maximum atomic E-state index is 10.9. The first-order valence-corrected chi connectivity index (χ1v) is 6.04. The molecular weight excluding hydrogens is 226 g/mol. The van der Waals surface area contributed by atoms with Gasteiger partial charge in [-0.25, -0.2) is 17.9 Å². The fourth-order valence-corrected chi connectivity index (χ4v) is 1.73. The van der Waals surface area contributed by atoms with Crippen molar-refractivity contribution in [2.24, 2.45) is 0 Å². The minimum atomic E-state index is -3.78. The zero-order valence-corrected chi connectivity index (χ0v) is 8.75. The molecule has 0 bridgehead atoms. The quantitative estimate of drug-likeness (QED) is 0.686. The van der Waals surface area contributed by atoms with Crippen molar-refractivity contribution in [2.45, 2.75) is 11.9 Å². The van der Waals surface area contributed by atoms with E-state index in [1.165, 1.54) is 10.6 Å². The highest BCUT2D eigenvalue weighted by atomic mass is 35.7. The Bertz CT molecular complexity index is 590. The van der Waals surface area contributed by atoms with Crippen molar-refractivity contribution in [3.8, 4) is 0 Å². The number of hydrogen-bond donors (Lipinski definition) is 0. The Morgan fingerprint density at radius 2 is 2.21 bits per heavy atom. The van der Waals surface area contributed by atoms with E-state index in [4.69, 9.17) is 10.7 Å². The van der Waals surface area contributed by atoms with Crippen molar-refractivity contribution in [1.82, 2.24) is 14.6 Å². The fraction of sp³-hybridized carbons (Fsp3) is 0.143. The average Bonchev–Trinajstić information content (AvgIpc) is 2.45. The van der Waals surface area contributed by atoms with E-state index in [-0.39, 0.29) is 5.03 Å². The van der Waals surface area contributed by atoms with Crippen LogP contribution in [0.3, 0.4) is 0 Å². The summed E-state index contributed by atoms with van der Waals surface area (Å²) in [5.74, 6) is 0. The molecule has 2 aromatic rings. The summed E-state index contributed by atoms with van der Waals surface area (Å²) in [5.41, 5.74) is 1.34. The van der Waals surface area contributed by atoms with Gasteiger partial charge in [0, 0.05) is 29.1 Å². The lowest BCUT2D eigenvalue weighted by molar-refractivity contribution is 0.604. The van der Waals surface area contributed by atoms with Crippen molar-refractivity contribution >= 4 is 25.4 Å². The smallest absolute Gasteiger partial charge is 0.237 e. The first-order valence-electron chi connectivity index (χ1n) is 3.73. The van der Waals surface area contributed by atoms with Gasteiger partial charge in [0.05, 0.1) is 0 Å². The summed E-state index contributed by atoms with van der Waals surface area (Å²) in [6, 6.07) is 1.32. The van der Waals surface area contributed by atoms with Gasteiger partial charge >= 0.3 is 0 Å². The lowest BCUT2D eigenvalue weighted by atomic mass is 10.4. The van der Waals surface area contributed by atoms with Gasteiger partial charge in [-0.3, -0.25) is 0 Å². The van der Waals surface area contributed by atoms with Crippen LogP contribution in [-0.4, -0.2) is 23.0 Å². The molecule has 0 unspecified atom stereocenters. The van der Waals surface area contributed by atoms with Gasteiger partial charge < -0.3 is 0 Å². The van der Waals surface area contributed by atoms with Gasteiger partial charge in [0.1, 0.15) is 0 Å². The topological polar surface area (TPSA) is 64.3 Å². The summed E-state index contributed by atoms with van der Waals surface area (Å²) in [7, 11) is 1.36. The summed E-state index contributed by atoms with van der Waals surface area (Å²) in [5, 5.41) is 3.60. The third kappa shape index (κ3) is 1.58. The van der Waals surface area contributed by atoms with E-state index in [0.29, 0.717) is 5.65 Å². The fourth-order valence-electron chi connectivity index (χ4n) is 1.07. The molecule has 0 saturated carbocycles. The van der Waals surface area contributed by atoms with Crippen LogP contribution in [0.1, 0.15) is 5.56 Å². The molecule has 2 heterocycles. The molecule has 0 atom stereocenters. The van der Waals surface area contributed by atoms with E-state index in [0.717, 1.165) is 5.56 Å². The van der Waals surface area contributed by atoms with Crippen molar-refractivity contribution in [3.05, 3.63) is 24.0 Å². The summed E-state index contributed by atoms with van der Waals surface area (Å²) in [6.07, 6.45) is 3.30. The van der Waals surface area contributed by atoms with Crippen LogP contribution in [0.5, 0.6) is 0 Å². The monoisotopic (exact) mass is 231 g/mol. The third-order valence-corrected chi connectivity index (χ3v) is 2.84. The Morgan fingerprint density at radius 3 is 2.86 bits per heavy atom. The van der Waals surface area contributed by atoms with Crippen LogP contribution in [0.4, 0.5) is 0 Å². The number of aromatic nitrogens is 3. The molecule has 0 saturated heterocycles. The van der Waals surface area contributed by atoms with Crippen LogP contribution in [0.25, 0.3) is 5.65 Å².